The monoisotopic (exact) mass is 279 g/mol. The third kappa shape index (κ3) is 2.58. The lowest BCUT2D eigenvalue weighted by Crippen LogP contribution is -2.13. The number of phenols is 1. The number of methoxy groups -OCH3 is 1. The molecule has 1 aromatic carbocycles. The van der Waals surface area contributed by atoms with Crippen LogP contribution in [0.3, 0.4) is 0 Å². The number of ether oxygens (including phenoxy) is 1. The summed E-state index contributed by atoms with van der Waals surface area (Å²) in [4.78, 5) is 4.62. The Balaban J connectivity index is 3.14. The summed E-state index contributed by atoms with van der Waals surface area (Å²) >= 11 is 3.14. The van der Waals surface area contributed by atoms with Crippen LogP contribution in [-0.4, -0.2) is 19.3 Å². The highest BCUT2D eigenvalue weighted by Crippen LogP contribution is 2.36. The molecule has 0 aromatic heterocycles. The van der Waals surface area contributed by atoms with E-state index in [0.717, 1.165) is 0 Å². The molecule has 0 amide bonds. The van der Waals surface area contributed by atoms with Crippen LogP contribution in [0.25, 0.3) is 0 Å². The second-order valence-electron chi connectivity index (χ2n) is 2.73. The number of benzene rings is 1. The fourth-order valence-electron chi connectivity index (χ4n) is 1.13. The fourth-order valence-corrected chi connectivity index (χ4v) is 1.66. The minimum Gasteiger partial charge on any atom is -0.504 e. The van der Waals surface area contributed by atoms with Crippen molar-refractivity contribution >= 4 is 15.9 Å². The second kappa shape index (κ2) is 5.29. The van der Waals surface area contributed by atoms with Crippen LogP contribution in [0.1, 0.15) is 5.56 Å². The Morgan fingerprint density at radius 2 is 2.20 bits per heavy atom. The van der Waals surface area contributed by atoms with Crippen molar-refractivity contribution in [3.05, 3.63) is 21.9 Å². The van der Waals surface area contributed by atoms with Crippen LogP contribution in [0.15, 0.2) is 10.5 Å². The Morgan fingerprint density at radius 3 is 2.73 bits per heavy atom. The molecule has 84 valence electrons. The van der Waals surface area contributed by atoms with Gasteiger partial charge in [-0.3, -0.25) is 0 Å². The van der Waals surface area contributed by atoms with Gasteiger partial charge in [-0.2, -0.15) is 5.48 Å². The Morgan fingerprint density at radius 1 is 1.53 bits per heavy atom. The smallest absolute Gasteiger partial charge is 0.196 e. The maximum atomic E-state index is 13.7. The number of phenolic OH excluding ortho intramolecular Hbond substituents is 1. The normalized spacial score (nSPS) is 10.4. The fraction of sp³-hybridized carbons (Fsp3) is 0.333. The van der Waals surface area contributed by atoms with Crippen LogP contribution in [0.2, 0.25) is 0 Å². The molecule has 0 bridgehead atoms. The van der Waals surface area contributed by atoms with Gasteiger partial charge in [0.2, 0.25) is 0 Å². The molecule has 1 aromatic rings. The van der Waals surface area contributed by atoms with Crippen LogP contribution < -0.4 is 10.2 Å². The maximum absolute atomic E-state index is 13.7. The molecule has 0 spiro atoms. The van der Waals surface area contributed by atoms with Crippen molar-refractivity contribution in [1.82, 2.24) is 5.48 Å². The molecule has 0 saturated heterocycles. The number of rotatable bonds is 4. The van der Waals surface area contributed by atoms with Gasteiger partial charge in [0.1, 0.15) is 0 Å². The zero-order valence-electron chi connectivity index (χ0n) is 8.30. The van der Waals surface area contributed by atoms with Crippen LogP contribution in [0.5, 0.6) is 11.5 Å². The van der Waals surface area contributed by atoms with Crippen molar-refractivity contribution in [2.24, 2.45) is 0 Å². The summed E-state index contributed by atoms with van der Waals surface area (Å²) in [5.41, 5.74) is 2.84. The third-order valence-electron chi connectivity index (χ3n) is 1.85. The van der Waals surface area contributed by atoms with Gasteiger partial charge in [-0.05, 0) is 6.07 Å². The van der Waals surface area contributed by atoms with Gasteiger partial charge in [0.15, 0.2) is 17.3 Å². The van der Waals surface area contributed by atoms with Gasteiger partial charge in [0, 0.05) is 10.0 Å². The van der Waals surface area contributed by atoms with E-state index in [9.17, 15) is 9.50 Å². The van der Waals surface area contributed by atoms with E-state index in [-0.39, 0.29) is 18.0 Å². The number of hydrogen-bond donors (Lipinski definition) is 2. The molecule has 0 radical (unpaired) electrons. The average Bonchev–Trinajstić information content (AvgIpc) is 2.17. The minimum absolute atomic E-state index is 0.166. The van der Waals surface area contributed by atoms with Gasteiger partial charge in [0.05, 0.1) is 20.8 Å². The van der Waals surface area contributed by atoms with E-state index in [4.69, 9.17) is 4.74 Å². The van der Waals surface area contributed by atoms with E-state index >= 15 is 0 Å². The summed E-state index contributed by atoms with van der Waals surface area (Å²) < 4.78 is 18.9. The first-order valence-electron chi connectivity index (χ1n) is 4.11. The summed E-state index contributed by atoms with van der Waals surface area (Å²) in [5.74, 6) is -1.04. The number of aromatic hydroxyl groups is 1. The predicted molar refractivity (Wildman–Crippen MR) is 56.2 cm³/mol. The highest BCUT2D eigenvalue weighted by molar-refractivity contribution is 9.10. The predicted octanol–water partition coefficient (Wildman–Crippen LogP) is 1.95. The first-order valence-corrected chi connectivity index (χ1v) is 4.90. The molecule has 0 aliphatic rings. The molecular formula is C9H11BrFNO3. The molecule has 0 aliphatic heterocycles. The molecule has 0 aliphatic carbocycles. The van der Waals surface area contributed by atoms with E-state index in [0.29, 0.717) is 10.0 Å². The standard InChI is InChI=1S/C9H11BrFNO3/c1-14-9-7(13)3-6(10)5(8(9)11)4-12-15-2/h3,12-13H,4H2,1-2H3. The van der Waals surface area contributed by atoms with Crippen LogP contribution >= 0.6 is 15.9 Å². The lowest BCUT2D eigenvalue weighted by Gasteiger charge is -2.11. The zero-order chi connectivity index (χ0) is 11.4. The summed E-state index contributed by atoms with van der Waals surface area (Å²) in [7, 11) is 2.73. The molecule has 4 nitrogen and oxygen atoms in total. The van der Waals surface area contributed by atoms with Crippen LogP contribution in [0.4, 0.5) is 4.39 Å². The summed E-state index contributed by atoms with van der Waals surface area (Å²) in [5, 5.41) is 9.38. The van der Waals surface area contributed by atoms with Crippen molar-refractivity contribution in [2.75, 3.05) is 14.2 Å². The zero-order valence-corrected chi connectivity index (χ0v) is 9.89. The van der Waals surface area contributed by atoms with Gasteiger partial charge in [-0.25, -0.2) is 4.39 Å². The van der Waals surface area contributed by atoms with Gasteiger partial charge < -0.3 is 14.7 Å². The molecule has 0 saturated carbocycles. The second-order valence-corrected chi connectivity index (χ2v) is 3.58. The summed E-state index contributed by atoms with van der Waals surface area (Å²) in [6, 6.07) is 1.37. The van der Waals surface area contributed by atoms with Gasteiger partial charge in [0.25, 0.3) is 0 Å². The molecule has 2 N–H and O–H groups in total. The Kier molecular flexibility index (Phi) is 4.31. The molecular weight excluding hydrogens is 269 g/mol. The molecule has 0 fully saturated rings. The van der Waals surface area contributed by atoms with E-state index < -0.39 is 5.82 Å². The highest BCUT2D eigenvalue weighted by atomic mass is 79.9. The minimum atomic E-state index is -0.617. The summed E-state index contributed by atoms with van der Waals surface area (Å²) in [6.45, 7) is 0.166. The first-order chi connectivity index (χ1) is 7.11. The Bertz CT molecular complexity index is 360. The van der Waals surface area contributed by atoms with E-state index in [2.05, 4.69) is 26.2 Å². The van der Waals surface area contributed by atoms with Gasteiger partial charge in [-0.1, -0.05) is 15.9 Å². The lowest BCUT2D eigenvalue weighted by molar-refractivity contribution is 0.0856. The molecule has 0 heterocycles. The molecule has 6 heteroatoms. The number of halogens is 2. The number of nitrogens with one attached hydrogen (secondary N) is 1. The molecule has 1 rings (SSSR count). The van der Waals surface area contributed by atoms with Crippen LogP contribution in [-0.2, 0) is 11.4 Å². The van der Waals surface area contributed by atoms with Crippen molar-refractivity contribution in [1.29, 1.82) is 0 Å². The van der Waals surface area contributed by atoms with E-state index in [1.54, 1.807) is 0 Å². The Hall–Kier alpha value is -0.850. The van der Waals surface area contributed by atoms with Crippen molar-refractivity contribution in [3.8, 4) is 11.5 Å². The van der Waals surface area contributed by atoms with Crippen molar-refractivity contribution < 1.29 is 19.1 Å². The number of hydroxylamine groups is 1. The third-order valence-corrected chi connectivity index (χ3v) is 2.55. The van der Waals surface area contributed by atoms with Gasteiger partial charge in [-0.15, -0.1) is 0 Å². The topological polar surface area (TPSA) is 50.7 Å². The lowest BCUT2D eigenvalue weighted by atomic mass is 10.2. The number of hydrogen-bond acceptors (Lipinski definition) is 4. The molecule has 15 heavy (non-hydrogen) atoms. The highest BCUT2D eigenvalue weighted by Gasteiger charge is 2.17. The average molecular weight is 280 g/mol. The molecule has 0 unspecified atom stereocenters. The Labute approximate surface area is 95.1 Å². The van der Waals surface area contributed by atoms with E-state index in [1.165, 1.54) is 20.3 Å². The van der Waals surface area contributed by atoms with Crippen molar-refractivity contribution in [2.45, 2.75) is 6.54 Å². The quantitative estimate of drug-likeness (QED) is 0.828. The van der Waals surface area contributed by atoms with Gasteiger partial charge >= 0.3 is 0 Å². The first kappa shape index (κ1) is 12.2. The maximum Gasteiger partial charge on any atom is 0.196 e. The van der Waals surface area contributed by atoms with Crippen LogP contribution in [0, 0.1) is 5.82 Å². The SMILES string of the molecule is CONCc1c(Br)cc(O)c(OC)c1F. The van der Waals surface area contributed by atoms with E-state index in [1.807, 2.05) is 0 Å². The molecule has 0 atom stereocenters. The largest absolute Gasteiger partial charge is 0.504 e. The summed E-state index contributed by atoms with van der Waals surface area (Å²) in [6.07, 6.45) is 0. The van der Waals surface area contributed by atoms with Crippen molar-refractivity contribution in [3.63, 3.8) is 0 Å².